The Morgan fingerprint density at radius 3 is 2.26 bits per heavy atom. The highest BCUT2D eigenvalue weighted by molar-refractivity contribution is 5.66. The lowest BCUT2D eigenvalue weighted by atomic mass is 9.98. The van der Waals surface area contributed by atoms with Gasteiger partial charge in [0.15, 0.2) is 0 Å². The standard InChI is InChI=1S/C15H19NO.C4H9NO/c1-11(2)12(3)13-4-6-14(7-5-13)15(8-9-15)16-10-17;6-4-1-2-5-3-4/h4-7,10H,8-9H2,1-3H3,(H,16,17);4-6H,1-3H2. The number of carbonyl (C=O) groups excluding carboxylic acids is 1. The first-order valence-corrected chi connectivity index (χ1v) is 8.33. The van der Waals surface area contributed by atoms with Gasteiger partial charge in [0.1, 0.15) is 0 Å². The molecule has 3 rings (SSSR count). The molecule has 0 bridgehead atoms. The molecular formula is C19H28N2O2. The molecule has 2 aliphatic rings. The van der Waals surface area contributed by atoms with Crippen LogP contribution in [0.1, 0.15) is 51.2 Å². The van der Waals surface area contributed by atoms with Gasteiger partial charge in [0, 0.05) is 6.54 Å². The summed E-state index contributed by atoms with van der Waals surface area (Å²) in [7, 11) is 0. The van der Waals surface area contributed by atoms with Crippen molar-refractivity contribution in [2.75, 3.05) is 13.1 Å². The molecule has 1 amide bonds. The average molecular weight is 316 g/mol. The van der Waals surface area contributed by atoms with Crippen molar-refractivity contribution in [2.45, 2.75) is 51.7 Å². The van der Waals surface area contributed by atoms with Crippen LogP contribution in [0.3, 0.4) is 0 Å². The van der Waals surface area contributed by atoms with Gasteiger partial charge in [-0.1, -0.05) is 29.8 Å². The van der Waals surface area contributed by atoms with E-state index in [0.29, 0.717) is 0 Å². The number of hydrogen-bond acceptors (Lipinski definition) is 3. The second-order valence-electron chi connectivity index (χ2n) is 6.69. The van der Waals surface area contributed by atoms with Gasteiger partial charge in [-0.05, 0) is 63.3 Å². The van der Waals surface area contributed by atoms with Crippen molar-refractivity contribution in [3.05, 3.63) is 41.0 Å². The zero-order chi connectivity index (χ0) is 16.9. The molecule has 0 aromatic heterocycles. The molecule has 1 heterocycles. The molecule has 1 unspecified atom stereocenters. The van der Waals surface area contributed by atoms with Gasteiger partial charge < -0.3 is 15.7 Å². The summed E-state index contributed by atoms with van der Waals surface area (Å²) in [6.45, 7) is 8.17. The van der Waals surface area contributed by atoms with Crippen molar-refractivity contribution in [1.29, 1.82) is 0 Å². The molecular weight excluding hydrogens is 288 g/mol. The second-order valence-corrected chi connectivity index (χ2v) is 6.69. The van der Waals surface area contributed by atoms with E-state index < -0.39 is 0 Å². The van der Waals surface area contributed by atoms with E-state index in [0.717, 1.165) is 38.8 Å². The monoisotopic (exact) mass is 316 g/mol. The summed E-state index contributed by atoms with van der Waals surface area (Å²) in [5.41, 5.74) is 5.07. The average Bonchev–Trinajstić information content (AvgIpc) is 3.18. The fourth-order valence-electron chi connectivity index (χ4n) is 2.72. The normalized spacial score (nSPS) is 21.0. The van der Waals surface area contributed by atoms with Gasteiger partial charge >= 0.3 is 0 Å². The van der Waals surface area contributed by atoms with Crippen molar-refractivity contribution in [3.8, 4) is 0 Å². The number of hydrogen-bond donors (Lipinski definition) is 3. The summed E-state index contributed by atoms with van der Waals surface area (Å²) in [6.07, 6.45) is 3.77. The van der Waals surface area contributed by atoms with Crippen LogP contribution >= 0.6 is 0 Å². The third-order valence-corrected chi connectivity index (χ3v) is 4.74. The van der Waals surface area contributed by atoms with Crippen molar-refractivity contribution >= 4 is 12.0 Å². The summed E-state index contributed by atoms with van der Waals surface area (Å²) < 4.78 is 0. The maximum Gasteiger partial charge on any atom is 0.207 e. The maximum atomic E-state index is 10.6. The smallest absolute Gasteiger partial charge is 0.207 e. The molecule has 126 valence electrons. The van der Waals surface area contributed by atoms with Crippen LogP contribution in [0.5, 0.6) is 0 Å². The number of amides is 1. The first kappa shape index (κ1) is 17.7. The topological polar surface area (TPSA) is 61.4 Å². The van der Waals surface area contributed by atoms with Gasteiger partial charge in [0.25, 0.3) is 0 Å². The molecule has 1 aliphatic carbocycles. The number of aliphatic hydroxyl groups is 1. The van der Waals surface area contributed by atoms with Gasteiger partial charge in [-0.2, -0.15) is 0 Å². The fraction of sp³-hybridized carbons (Fsp3) is 0.526. The number of benzene rings is 1. The molecule has 23 heavy (non-hydrogen) atoms. The van der Waals surface area contributed by atoms with Gasteiger partial charge in [-0.15, -0.1) is 0 Å². The third-order valence-electron chi connectivity index (χ3n) is 4.74. The molecule has 1 aliphatic heterocycles. The molecule has 0 spiro atoms. The molecule has 1 aromatic rings. The maximum absolute atomic E-state index is 10.6. The number of carbonyl (C=O) groups is 1. The fourth-order valence-corrected chi connectivity index (χ4v) is 2.72. The second kappa shape index (κ2) is 7.75. The Labute approximate surface area is 139 Å². The minimum atomic E-state index is -0.0703. The van der Waals surface area contributed by atoms with Gasteiger partial charge in [-0.25, -0.2) is 0 Å². The van der Waals surface area contributed by atoms with E-state index in [4.69, 9.17) is 5.11 Å². The molecule has 1 atom stereocenters. The molecule has 4 heteroatoms. The number of β-amino-alcohol motifs (C(OH)–C–C–N with tert-alkyl or cyclic N) is 1. The molecule has 1 saturated heterocycles. The molecule has 1 saturated carbocycles. The first-order chi connectivity index (χ1) is 11.0. The van der Waals surface area contributed by atoms with Crippen LogP contribution < -0.4 is 10.6 Å². The Bertz CT molecular complexity index is 549. The van der Waals surface area contributed by atoms with E-state index in [-0.39, 0.29) is 11.6 Å². The molecule has 2 fully saturated rings. The Morgan fingerprint density at radius 1 is 1.26 bits per heavy atom. The Hall–Kier alpha value is -1.65. The highest BCUT2D eigenvalue weighted by Crippen LogP contribution is 2.45. The highest BCUT2D eigenvalue weighted by Gasteiger charge is 2.43. The Balaban J connectivity index is 0.000000268. The van der Waals surface area contributed by atoms with Crippen LogP contribution in [-0.4, -0.2) is 30.7 Å². The lowest BCUT2D eigenvalue weighted by molar-refractivity contribution is -0.110. The largest absolute Gasteiger partial charge is 0.392 e. The summed E-state index contributed by atoms with van der Waals surface area (Å²) >= 11 is 0. The van der Waals surface area contributed by atoms with Crippen LogP contribution in [0.25, 0.3) is 5.57 Å². The van der Waals surface area contributed by atoms with Crippen LogP contribution in [0.4, 0.5) is 0 Å². The van der Waals surface area contributed by atoms with E-state index in [1.165, 1.54) is 22.3 Å². The van der Waals surface area contributed by atoms with Crippen molar-refractivity contribution in [1.82, 2.24) is 10.6 Å². The van der Waals surface area contributed by atoms with E-state index in [2.05, 4.69) is 55.7 Å². The molecule has 1 aromatic carbocycles. The lowest BCUT2D eigenvalue weighted by Gasteiger charge is -2.15. The number of aliphatic hydroxyl groups excluding tert-OH is 1. The van der Waals surface area contributed by atoms with Crippen molar-refractivity contribution in [3.63, 3.8) is 0 Å². The summed E-state index contributed by atoms with van der Waals surface area (Å²) in [5, 5.41) is 14.6. The van der Waals surface area contributed by atoms with Gasteiger partial charge in [-0.3, -0.25) is 4.79 Å². The zero-order valence-electron chi connectivity index (χ0n) is 14.4. The van der Waals surface area contributed by atoms with Gasteiger partial charge in [0.2, 0.25) is 6.41 Å². The first-order valence-electron chi connectivity index (χ1n) is 8.33. The number of nitrogens with one attached hydrogen (secondary N) is 2. The SMILES string of the molecule is CC(C)=C(C)c1ccc(C2(NC=O)CC2)cc1.OC1CCNC1. The van der Waals surface area contributed by atoms with Gasteiger partial charge in [0.05, 0.1) is 11.6 Å². The van der Waals surface area contributed by atoms with Crippen LogP contribution in [0, 0.1) is 0 Å². The lowest BCUT2D eigenvalue weighted by Crippen LogP contribution is -2.27. The zero-order valence-corrected chi connectivity index (χ0v) is 14.4. The minimum absolute atomic E-state index is 0.0648. The quantitative estimate of drug-likeness (QED) is 0.748. The molecule has 0 radical (unpaired) electrons. The number of allylic oxidation sites excluding steroid dienone is 2. The summed E-state index contributed by atoms with van der Waals surface area (Å²) in [4.78, 5) is 10.6. The number of rotatable bonds is 4. The van der Waals surface area contributed by atoms with E-state index >= 15 is 0 Å². The summed E-state index contributed by atoms with van der Waals surface area (Å²) in [5.74, 6) is 0. The molecule has 3 N–H and O–H groups in total. The Kier molecular flexibility index (Phi) is 5.97. The van der Waals surface area contributed by atoms with Crippen LogP contribution in [-0.2, 0) is 10.3 Å². The van der Waals surface area contributed by atoms with E-state index in [1.54, 1.807) is 0 Å². The molecule has 4 nitrogen and oxygen atoms in total. The van der Waals surface area contributed by atoms with E-state index in [1.807, 2.05) is 0 Å². The highest BCUT2D eigenvalue weighted by atomic mass is 16.3. The summed E-state index contributed by atoms with van der Waals surface area (Å²) in [6, 6.07) is 8.55. The predicted molar refractivity (Wildman–Crippen MR) is 94.0 cm³/mol. The third kappa shape index (κ3) is 4.66. The van der Waals surface area contributed by atoms with Crippen LogP contribution in [0.2, 0.25) is 0 Å². The van der Waals surface area contributed by atoms with E-state index in [9.17, 15) is 4.79 Å². The van der Waals surface area contributed by atoms with Crippen molar-refractivity contribution in [2.24, 2.45) is 0 Å². The Morgan fingerprint density at radius 2 is 1.91 bits per heavy atom. The predicted octanol–water partition coefficient (Wildman–Crippen LogP) is 2.58. The van der Waals surface area contributed by atoms with Crippen molar-refractivity contribution < 1.29 is 9.90 Å². The van der Waals surface area contributed by atoms with Crippen LogP contribution in [0.15, 0.2) is 29.8 Å². The minimum Gasteiger partial charge on any atom is -0.392 e.